The highest BCUT2D eigenvalue weighted by atomic mass is 32.2. The van der Waals surface area contributed by atoms with Crippen molar-refractivity contribution < 1.29 is 22.7 Å². The van der Waals surface area contributed by atoms with Gasteiger partial charge >= 0.3 is 0 Å². The number of piperidine rings is 1. The first-order chi connectivity index (χ1) is 15.7. The maximum absolute atomic E-state index is 13.0. The van der Waals surface area contributed by atoms with E-state index in [0.717, 1.165) is 6.42 Å². The number of nitrogens with one attached hydrogen (secondary N) is 1. The SMILES string of the molecule is CNS(=O)(=O)c1cc(C(=O)N2CCC(C(=O)c3ccc(CC(C)C)cc3)CC2)ccc1OC. The van der Waals surface area contributed by atoms with Crippen molar-refractivity contribution in [3.05, 3.63) is 59.2 Å². The number of carbonyl (C=O) groups is 2. The van der Waals surface area contributed by atoms with Crippen molar-refractivity contribution in [1.82, 2.24) is 9.62 Å². The van der Waals surface area contributed by atoms with Crippen LogP contribution in [0.15, 0.2) is 47.4 Å². The summed E-state index contributed by atoms with van der Waals surface area (Å²) in [5.74, 6) is 0.471. The molecule has 2 aromatic carbocycles. The van der Waals surface area contributed by atoms with Crippen molar-refractivity contribution >= 4 is 21.7 Å². The van der Waals surface area contributed by atoms with Crippen LogP contribution >= 0.6 is 0 Å². The summed E-state index contributed by atoms with van der Waals surface area (Å²) in [6.07, 6.45) is 2.14. The maximum atomic E-state index is 13.0. The monoisotopic (exact) mass is 472 g/mol. The van der Waals surface area contributed by atoms with Crippen molar-refractivity contribution in [3.8, 4) is 5.75 Å². The van der Waals surface area contributed by atoms with Crippen molar-refractivity contribution in [3.63, 3.8) is 0 Å². The fraction of sp³-hybridized carbons (Fsp3) is 0.440. The smallest absolute Gasteiger partial charge is 0.253 e. The topological polar surface area (TPSA) is 92.8 Å². The van der Waals surface area contributed by atoms with E-state index < -0.39 is 10.0 Å². The van der Waals surface area contributed by atoms with Crippen LogP contribution in [-0.2, 0) is 16.4 Å². The van der Waals surface area contributed by atoms with Gasteiger partial charge in [-0.3, -0.25) is 9.59 Å². The average molecular weight is 473 g/mol. The Balaban J connectivity index is 1.66. The number of sulfonamides is 1. The number of benzene rings is 2. The van der Waals surface area contributed by atoms with Crippen LogP contribution < -0.4 is 9.46 Å². The van der Waals surface area contributed by atoms with Crippen molar-refractivity contribution in [2.45, 2.75) is 38.0 Å². The average Bonchev–Trinajstić information content (AvgIpc) is 2.83. The van der Waals surface area contributed by atoms with Gasteiger partial charge in [0.25, 0.3) is 5.91 Å². The fourth-order valence-electron chi connectivity index (χ4n) is 4.17. The summed E-state index contributed by atoms with van der Waals surface area (Å²) >= 11 is 0. The van der Waals surface area contributed by atoms with E-state index in [1.54, 1.807) is 11.0 Å². The molecule has 0 bridgehead atoms. The zero-order valence-electron chi connectivity index (χ0n) is 19.6. The van der Waals surface area contributed by atoms with Gasteiger partial charge < -0.3 is 9.64 Å². The molecule has 0 radical (unpaired) electrons. The predicted molar refractivity (Wildman–Crippen MR) is 127 cm³/mol. The summed E-state index contributed by atoms with van der Waals surface area (Å²) < 4.78 is 32.0. The van der Waals surface area contributed by atoms with Gasteiger partial charge in [-0.15, -0.1) is 0 Å². The van der Waals surface area contributed by atoms with E-state index in [1.165, 1.54) is 31.9 Å². The Morgan fingerprint density at radius 1 is 1.06 bits per heavy atom. The molecule has 8 heteroatoms. The molecule has 0 aromatic heterocycles. The highest BCUT2D eigenvalue weighted by Crippen LogP contribution is 2.27. The van der Waals surface area contributed by atoms with Crippen molar-refractivity contribution in [1.29, 1.82) is 0 Å². The van der Waals surface area contributed by atoms with E-state index in [4.69, 9.17) is 4.74 Å². The Hall–Kier alpha value is -2.71. The van der Waals surface area contributed by atoms with Gasteiger partial charge in [0.15, 0.2) is 5.78 Å². The second-order valence-corrected chi connectivity index (χ2v) is 10.7. The van der Waals surface area contributed by atoms with Gasteiger partial charge in [0.05, 0.1) is 7.11 Å². The normalized spacial score (nSPS) is 15.0. The number of hydrogen-bond donors (Lipinski definition) is 1. The van der Waals surface area contributed by atoms with Crippen molar-refractivity contribution in [2.24, 2.45) is 11.8 Å². The Morgan fingerprint density at radius 3 is 2.21 bits per heavy atom. The van der Waals surface area contributed by atoms with Gasteiger partial charge in [0, 0.05) is 30.1 Å². The van der Waals surface area contributed by atoms with Crippen LogP contribution in [0.25, 0.3) is 0 Å². The second kappa shape index (κ2) is 10.5. The lowest BCUT2D eigenvalue weighted by Gasteiger charge is -2.31. The highest BCUT2D eigenvalue weighted by molar-refractivity contribution is 7.89. The molecule has 0 unspecified atom stereocenters. The molecule has 0 atom stereocenters. The highest BCUT2D eigenvalue weighted by Gasteiger charge is 2.29. The Bertz CT molecular complexity index is 1100. The molecule has 3 rings (SSSR count). The molecule has 1 fully saturated rings. The van der Waals surface area contributed by atoms with Gasteiger partial charge in [0.1, 0.15) is 10.6 Å². The number of ketones is 1. The first-order valence-electron chi connectivity index (χ1n) is 11.2. The second-order valence-electron chi connectivity index (χ2n) is 8.80. The summed E-state index contributed by atoms with van der Waals surface area (Å²) in [7, 11) is -1.09. The first-order valence-corrected chi connectivity index (χ1v) is 12.7. The van der Waals surface area contributed by atoms with Crippen LogP contribution in [0.4, 0.5) is 0 Å². The van der Waals surface area contributed by atoms with Gasteiger partial charge in [-0.1, -0.05) is 38.1 Å². The fourth-order valence-corrected chi connectivity index (χ4v) is 5.09. The number of ether oxygens (including phenoxy) is 1. The first kappa shape index (κ1) is 24.9. The van der Waals surface area contributed by atoms with Crippen LogP contribution in [0.3, 0.4) is 0 Å². The molecule has 178 valence electrons. The maximum Gasteiger partial charge on any atom is 0.253 e. The van der Waals surface area contributed by atoms with E-state index in [-0.39, 0.29) is 33.8 Å². The molecule has 0 spiro atoms. The van der Waals surface area contributed by atoms with E-state index in [0.29, 0.717) is 37.4 Å². The minimum absolute atomic E-state index is 0.0793. The summed E-state index contributed by atoms with van der Waals surface area (Å²) in [5, 5.41) is 0. The lowest BCUT2D eigenvalue weighted by atomic mass is 9.88. The summed E-state index contributed by atoms with van der Waals surface area (Å²) in [5.41, 5.74) is 2.21. The Kier molecular flexibility index (Phi) is 7.92. The van der Waals surface area contributed by atoms with Gasteiger partial charge in [-0.2, -0.15) is 0 Å². The van der Waals surface area contributed by atoms with Crippen LogP contribution in [0.5, 0.6) is 5.75 Å². The standard InChI is InChI=1S/C25H32N2O5S/c1-17(2)15-18-5-7-19(8-6-18)24(28)20-11-13-27(14-12-20)25(29)21-9-10-22(32-4)23(16-21)33(30,31)26-3/h5-10,16-17,20,26H,11-15H2,1-4H3. The minimum Gasteiger partial charge on any atom is -0.495 e. The molecule has 1 amide bonds. The van der Waals surface area contributed by atoms with E-state index in [2.05, 4.69) is 18.6 Å². The number of methoxy groups -OCH3 is 1. The number of carbonyl (C=O) groups excluding carboxylic acids is 2. The molecular formula is C25H32N2O5S. The number of nitrogens with zero attached hydrogens (tertiary/aromatic N) is 1. The number of likely N-dealkylation sites (tertiary alicyclic amines) is 1. The lowest BCUT2D eigenvalue weighted by Crippen LogP contribution is -2.40. The van der Waals surface area contributed by atoms with Crippen molar-refractivity contribution in [2.75, 3.05) is 27.2 Å². The molecule has 33 heavy (non-hydrogen) atoms. The summed E-state index contributed by atoms with van der Waals surface area (Å²) in [6, 6.07) is 12.2. The molecule has 0 saturated carbocycles. The molecule has 0 aliphatic carbocycles. The summed E-state index contributed by atoms with van der Waals surface area (Å²) in [4.78, 5) is 27.6. The molecule has 1 N–H and O–H groups in total. The molecular weight excluding hydrogens is 440 g/mol. The molecule has 1 aliphatic rings. The van der Waals surface area contributed by atoms with Gasteiger partial charge in [0.2, 0.25) is 10.0 Å². The molecule has 1 saturated heterocycles. The van der Waals surface area contributed by atoms with Crippen LogP contribution in [0.2, 0.25) is 0 Å². The van der Waals surface area contributed by atoms with Crippen LogP contribution in [0.1, 0.15) is 53.0 Å². The number of hydrogen-bond acceptors (Lipinski definition) is 5. The Labute approximate surface area is 196 Å². The number of rotatable bonds is 8. The zero-order valence-corrected chi connectivity index (χ0v) is 20.4. The van der Waals surface area contributed by atoms with E-state index in [1.807, 2.05) is 24.3 Å². The lowest BCUT2D eigenvalue weighted by molar-refractivity contribution is 0.0650. The minimum atomic E-state index is -3.78. The molecule has 1 aliphatic heterocycles. The zero-order chi connectivity index (χ0) is 24.2. The third-order valence-corrected chi connectivity index (χ3v) is 7.44. The van der Waals surface area contributed by atoms with Gasteiger partial charge in [-0.25, -0.2) is 13.1 Å². The quantitative estimate of drug-likeness (QED) is 0.593. The predicted octanol–water partition coefficient (Wildman–Crippen LogP) is 3.54. The molecule has 7 nitrogen and oxygen atoms in total. The largest absolute Gasteiger partial charge is 0.495 e. The number of Topliss-reactive ketones (excluding diaryl/α,β-unsaturated/α-hetero) is 1. The third-order valence-electron chi connectivity index (χ3n) is 6.00. The summed E-state index contributed by atoms with van der Waals surface area (Å²) in [6.45, 7) is 5.22. The Morgan fingerprint density at radius 2 is 1.67 bits per heavy atom. The third kappa shape index (κ3) is 5.81. The molecule has 2 aromatic rings. The van der Waals surface area contributed by atoms with Crippen LogP contribution in [0, 0.1) is 11.8 Å². The van der Waals surface area contributed by atoms with Gasteiger partial charge in [-0.05, 0) is 56.0 Å². The number of amides is 1. The van der Waals surface area contributed by atoms with Crippen LogP contribution in [-0.4, -0.2) is 52.3 Å². The molecule has 1 heterocycles. The van der Waals surface area contributed by atoms with E-state index in [9.17, 15) is 18.0 Å². The van der Waals surface area contributed by atoms with E-state index >= 15 is 0 Å².